The van der Waals surface area contributed by atoms with Gasteiger partial charge in [0, 0.05) is 17.5 Å². The smallest absolute Gasteiger partial charge is 0.357 e. The molecule has 1 heterocycles. The highest BCUT2D eigenvalue weighted by molar-refractivity contribution is 7.14. The number of hydrogen-bond acceptors (Lipinski definition) is 6. The van der Waals surface area contributed by atoms with Gasteiger partial charge in [-0.2, -0.15) is 5.26 Å². The number of aromatic nitrogens is 1. The Balaban J connectivity index is 1.52. The molecule has 0 saturated heterocycles. The predicted molar refractivity (Wildman–Crippen MR) is 97.0 cm³/mol. The summed E-state index contributed by atoms with van der Waals surface area (Å²) in [6.07, 6.45) is 0.556. The number of esters is 1. The summed E-state index contributed by atoms with van der Waals surface area (Å²) in [5, 5.41) is 14.3. The molecule has 2 aromatic carbocycles. The Bertz CT molecular complexity index is 900. The number of benzene rings is 2. The molecule has 0 aliphatic heterocycles. The Kier molecular flexibility index (Phi) is 5.39. The minimum absolute atomic E-state index is 0.243. The molecule has 6 heteroatoms. The third-order valence-electron chi connectivity index (χ3n) is 3.42. The maximum atomic E-state index is 12.1. The van der Waals surface area contributed by atoms with E-state index in [1.54, 1.807) is 17.5 Å². The molecule has 3 rings (SSSR count). The van der Waals surface area contributed by atoms with Gasteiger partial charge in [-0.1, -0.05) is 30.3 Å². The lowest BCUT2D eigenvalue weighted by molar-refractivity contribution is 0.0503. The highest BCUT2D eigenvalue weighted by Gasteiger charge is 2.12. The van der Waals surface area contributed by atoms with E-state index >= 15 is 0 Å². The Morgan fingerprint density at radius 3 is 2.84 bits per heavy atom. The first-order valence-corrected chi connectivity index (χ1v) is 8.56. The van der Waals surface area contributed by atoms with Gasteiger partial charge in [0.1, 0.15) is 0 Å². The number of nitriles is 1. The van der Waals surface area contributed by atoms with Crippen molar-refractivity contribution in [3.8, 4) is 6.07 Å². The van der Waals surface area contributed by atoms with Gasteiger partial charge in [-0.3, -0.25) is 0 Å². The van der Waals surface area contributed by atoms with Crippen LogP contribution in [0.2, 0.25) is 0 Å². The Morgan fingerprint density at radius 1 is 1.20 bits per heavy atom. The van der Waals surface area contributed by atoms with Crippen molar-refractivity contribution < 1.29 is 9.53 Å². The first kappa shape index (κ1) is 16.7. The molecule has 0 spiro atoms. The predicted octanol–water partition coefficient (Wildman–Crippen LogP) is 4.16. The molecule has 0 amide bonds. The van der Waals surface area contributed by atoms with E-state index in [1.807, 2.05) is 42.5 Å². The number of ether oxygens (including phenoxy) is 1. The van der Waals surface area contributed by atoms with Crippen LogP contribution in [0.25, 0.3) is 0 Å². The lowest BCUT2D eigenvalue weighted by Crippen LogP contribution is -2.08. The molecular formula is C19H15N3O2S. The van der Waals surface area contributed by atoms with Crippen LogP contribution in [0.3, 0.4) is 0 Å². The van der Waals surface area contributed by atoms with Crippen molar-refractivity contribution in [3.05, 3.63) is 76.8 Å². The highest BCUT2D eigenvalue weighted by atomic mass is 32.1. The van der Waals surface area contributed by atoms with Crippen LogP contribution in [0, 0.1) is 11.3 Å². The zero-order valence-corrected chi connectivity index (χ0v) is 14.1. The second kappa shape index (κ2) is 8.08. The van der Waals surface area contributed by atoms with E-state index in [4.69, 9.17) is 10.00 Å². The average molecular weight is 349 g/mol. The van der Waals surface area contributed by atoms with Crippen molar-refractivity contribution in [3.63, 3.8) is 0 Å². The van der Waals surface area contributed by atoms with Gasteiger partial charge in [-0.05, 0) is 29.8 Å². The van der Waals surface area contributed by atoms with E-state index in [0.717, 1.165) is 11.3 Å². The fourth-order valence-corrected chi connectivity index (χ4v) is 2.90. The van der Waals surface area contributed by atoms with Gasteiger partial charge in [0.2, 0.25) is 0 Å². The van der Waals surface area contributed by atoms with Crippen LogP contribution < -0.4 is 5.32 Å². The summed E-state index contributed by atoms with van der Waals surface area (Å²) in [5.74, 6) is -0.450. The maximum absolute atomic E-state index is 12.1. The Hall–Kier alpha value is -3.17. The SMILES string of the molecule is N#Cc1cccc(CCOC(=O)c2csc(Nc3ccccc3)n2)c1. The van der Waals surface area contributed by atoms with Crippen LogP contribution >= 0.6 is 11.3 Å². The molecular weight excluding hydrogens is 334 g/mol. The van der Waals surface area contributed by atoms with Crippen LogP contribution in [0.5, 0.6) is 0 Å². The number of carbonyl (C=O) groups excluding carboxylic acids is 1. The highest BCUT2D eigenvalue weighted by Crippen LogP contribution is 2.21. The van der Waals surface area contributed by atoms with Crippen LogP contribution in [0.15, 0.2) is 60.0 Å². The molecule has 1 N–H and O–H groups in total. The summed E-state index contributed by atoms with van der Waals surface area (Å²) in [7, 11) is 0. The van der Waals surface area contributed by atoms with E-state index in [9.17, 15) is 4.79 Å². The molecule has 5 nitrogen and oxygen atoms in total. The van der Waals surface area contributed by atoms with E-state index in [-0.39, 0.29) is 12.3 Å². The summed E-state index contributed by atoms with van der Waals surface area (Å²) < 4.78 is 5.26. The van der Waals surface area contributed by atoms with Crippen LogP contribution in [-0.4, -0.2) is 17.6 Å². The number of nitrogens with zero attached hydrogens (tertiary/aromatic N) is 2. The molecule has 0 unspecified atom stereocenters. The second-order valence-electron chi connectivity index (χ2n) is 5.23. The van der Waals surface area contributed by atoms with Gasteiger partial charge < -0.3 is 10.1 Å². The first-order valence-electron chi connectivity index (χ1n) is 7.68. The molecule has 3 aromatic rings. The fraction of sp³-hybridized carbons (Fsp3) is 0.105. The van der Waals surface area contributed by atoms with Crippen molar-refractivity contribution in [1.29, 1.82) is 5.26 Å². The maximum Gasteiger partial charge on any atom is 0.357 e. The number of hydrogen-bond donors (Lipinski definition) is 1. The average Bonchev–Trinajstić information content (AvgIpc) is 3.11. The molecule has 0 bridgehead atoms. The van der Waals surface area contributed by atoms with Crippen LogP contribution in [-0.2, 0) is 11.2 Å². The number of rotatable bonds is 6. The minimum Gasteiger partial charge on any atom is -0.461 e. The third-order valence-corrected chi connectivity index (χ3v) is 4.18. The number of anilines is 2. The molecule has 124 valence electrons. The number of nitrogens with one attached hydrogen (secondary N) is 1. The zero-order valence-electron chi connectivity index (χ0n) is 13.3. The number of carbonyl (C=O) groups is 1. The molecule has 1 aromatic heterocycles. The summed E-state index contributed by atoms with van der Waals surface area (Å²) in [5.41, 5.74) is 2.75. The van der Waals surface area contributed by atoms with E-state index in [2.05, 4.69) is 16.4 Å². The molecule has 0 aliphatic carbocycles. The Morgan fingerprint density at radius 2 is 2.04 bits per heavy atom. The molecule has 0 fully saturated rings. The molecule has 0 atom stereocenters. The molecule has 25 heavy (non-hydrogen) atoms. The van der Waals surface area contributed by atoms with Crippen molar-refractivity contribution in [1.82, 2.24) is 4.98 Å². The van der Waals surface area contributed by atoms with Gasteiger partial charge in [0.15, 0.2) is 10.8 Å². The van der Waals surface area contributed by atoms with Gasteiger partial charge in [0.25, 0.3) is 0 Å². The van der Waals surface area contributed by atoms with E-state index in [1.165, 1.54) is 11.3 Å². The van der Waals surface area contributed by atoms with Gasteiger partial charge in [-0.25, -0.2) is 9.78 Å². The van der Waals surface area contributed by atoms with E-state index < -0.39 is 5.97 Å². The molecule has 0 aliphatic rings. The second-order valence-corrected chi connectivity index (χ2v) is 6.09. The van der Waals surface area contributed by atoms with Gasteiger partial charge in [0.05, 0.1) is 18.2 Å². The quantitative estimate of drug-likeness (QED) is 0.676. The van der Waals surface area contributed by atoms with E-state index in [0.29, 0.717) is 17.1 Å². The largest absolute Gasteiger partial charge is 0.461 e. The fourth-order valence-electron chi connectivity index (χ4n) is 2.20. The molecule has 0 saturated carbocycles. The summed E-state index contributed by atoms with van der Waals surface area (Å²) in [6, 6.07) is 19.0. The van der Waals surface area contributed by atoms with Gasteiger partial charge in [-0.15, -0.1) is 11.3 Å². The molecule has 0 radical (unpaired) electrons. The third kappa shape index (κ3) is 4.66. The van der Waals surface area contributed by atoms with Crippen molar-refractivity contribution >= 4 is 28.1 Å². The van der Waals surface area contributed by atoms with Gasteiger partial charge >= 0.3 is 5.97 Å². The normalized spacial score (nSPS) is 10.0. The summed E-state index contributed by atoms with van der Waals surface area (Å²) in [4.78, 5) is 16.3. The standard InChI is InChI=1S/C19H15N3O2S/c20-12-15-6-4-5-14(11-15)9-10-24-18(23)17-13-25-19(22-17)21-16-7-2-1-3-8-16/h1-8,11,13H,9-10H2,(H,21,22). The van der Waals surface area contributed by atoms with Crippen LogP contribution in [0.1, 0.15) is 21.6 Å². The monoisotopic (exact) mass is 349 g/mol. The summed E-state index contributed by atoms with van der Waals surface area (Å²) >= 11 is 1.35. The van der Waals surface area contributed by atoms with Crippen molar-refractivity contribution in [2.75, 3.05) is 11.9 Å². The topological polar surface area (TPSA) is 75.0 Å². The van der Waals surface area contributed by atoms with Crippen molar-refractivity contribution in [2.45, 2.75) is 6.42 Å². The number of para-hydroxylation sites is 1. The van der Waals surface area contributed by atoms with Crippen LogP contribution in [0.4, 0.5) is 10.8 Å². The lowest BCUT2D eigenvalue weighted by atomic mass is 10.1. The first-order chi connectivity index (χ1) is 12.2. The summed E-state index contributed by atoms with van der Waals surface area (Å²) in [6.45, 7) is 0.243. The Labute approximate surface area is 149 Å². The lowest BCUT2D eigenvalue weighted by Gasteiger charge is -2.04. The zero-order chi connectivity index (χ0) is 17.5. The van der Waals surface area contributed by atoms with Crippen molar-refractivity contribution in [2.24, 2.45) is 0 Å². The number of thiazole rings is 1. The minimum atomic E-state index is -0.450.